The van der Waals surface area contributed by atoms with Gasteiger partial charge in [0, 0.05) is 6.42 Å². The van der Waals surface area contributed by atoms with Gasteiger partial charge in [0.25, 0.3) is 0 Å². The van der Waals surface area contributed by atoms with Gasteiger partial charge in [0.1, 0.15) is 0 Å². The first-order valence-corrected chi connectivity index (χ1v) is 13.0. The molecule has 4 fully saturated rings. The Morgan fingerprint density at radius 1 is 1.00 bits per heavy atom. The van der Waals surface area contributed by atoms with E-state index in [2.05, 4.69) is 27.7 Å². The van der Waals surface area contributed by atoms with Crippen LogP contribution in [0.2, 0.25) is 0 Å². The van der Waals surface area contributed by atoms with E-state index in [9.17, 15) is 9.18 Å². The van der Waals surface area contributed by atoms with Crippen LogP contribution in [0.1, 0.15) is 111 Å². The molecule has 0 saturated heterocycles. The van der Waals surface area contributed by atoms with Crippen LogP contribution in [0.15, 0.2) is 0 Å². The van der Waals surface area contributed by atoms with Crippen molar-refractivity contribution in [3.05, 3.63) is 0 Å². The van der Waals surface area contributed by atoms with Gasteiger partial charge in [0.15, 0.2) is 12.0 Å². The number of hydrogen-bond donors (Lipinski definition) is 0. The van der Waals surface area contributed by atoms with Crippen molar-refractivity contribution < 1.29 is 9.18 Å². The Morgan fingerprint density at radius 2 is 1.76 bits per heavy atom. The average molecular weight is 405 g/mol. The normalized spacial score (nSPS) is 48.0. The van der Waals surface area contributed by atoms with Gasteiger partial charge >= 0.3 is 0 Å². The molecule has 0 unspecified atom stereocenters. The van der Waals surface area contributed by atoms with E-state index in [1.165, 1.54) is 70.6 Å². The highest BCUT2D eigenvalue weighted by atomic mass is 19.1. The maximum absolute atomic E-state index is 14.5. The van der Waals surface area contributed by atoms with Gasteiger partial charge in [-0.3, -0.25) is 4.79 Å². The molecule has 29 heavy (non-hydrogen) atoms. The van der Waals surface area contributed by atoms with Crippen LogP contribution in [-0.4, -0.2) is 12.0 Å². The molecule has 0 spiro atoms. The van der Waals surface area contributed by atoms with E-state index >= 15 is 0 Å². The highest BCUT2D eigenvalue weighted by molar-refractivity contribution is 5.84. The second kappa shape index (κ2) is 8.27. The molecule has 0 amide bonds. The highest BCUT2D eigenvalue weighted by Crippen LogP contribution is 2.68. The number of carbonyl (C=O) groups is 1. The number of Topliss-reactive ketones (excluding diaryl/α,β-unsaturated/α-hetero) is 1. The number of alkyl halides is 1. The zero-order valence-corrected chi connectivity index (χ0v) is 19.5. The molecule has 0 radical (unpaired) electrons. The molecule has 0 bridgehead atoms. The van der Waals surface area contributed by atoms with Crippen LogP contribution in [0.25, 0.3) is 0 Å². The van der Waals surface area contributed by atoms with E-state index in [-0.39, 0.29) is 11.2 Å². The molecule has 4 rings (SSSR count). The lowest BCUT2D eigenvalue weighted by atomic mass is 9.44. The number of rotatable bonds is 6. The summed E-state index contributed by atoms with van der Waals surface area (Å²) in [6.07, 6.45) is 14.7. The molecule has 1 nitrogen and oxygen atoms in total. The average Bonchev–Trinajstić information content (AvgIpc) is 3.04. The summed E-state index contributed by atoms with van der Waals surface area (Å²) in [4.78, 5) is 12.1. The topological polar surface area (TPSA) is 17.1 Å². The van der Waals surface area contributed by atoms with Gasteiger partial charge < -0.3 is 0 Å². The fourth-order valence-corrected chi connectivity index (χ4v) is 9.13. The van der Waals surface area contributed by atoms with Crippen LogP contribution in [0.5, 0.6) is 0 Å². The van der Waals surface area contributed by atoms with Crippen molar-refractivity contribution in [2.45, 2.75) is 117 Å². The monoisotopic (exact) mass is 404 g/mol. The number of unbranched alkanes of at least 4 members (excludes halogenated alkanes) is 3. The minimum Gasteiger partial charge on any atom is -0.296 e. The summed E-state index contributed by atoms with van der Waals surface area (Å²) in [6, 6.07) is 0. The molecule has 0 aromatic heterocycles. The van der Waals surface area contributed by atoms with Crippen LogP contribution in [0, 0.1) is 46.3 Å². The van der Waals surface area contributed by atoms with E-state index in [4.69, 9.17) is 0 Å². The Labute approximate surface area is 179 Å². The van der Waals surface area contributed by atoms with E-state index in [0.717, 1.165) is 23.7 Å². The lowest BCUT2D eigenvalue weighted by Crippen LogP contribution is -2.55. The molecule has 2 heteroatoms. The molecule has 0 aromatic carbocycles. The SMILES string of the molecule is CCCCCC[C@@H](C)[C@H]1CC[C@H]2[C@@H]3CC[C@H]4CC(=O)[C@H](F)C[C@]4(C)[C@H]3CC[C@]12C. The van der Waals surface area contributed by atoms with E-state index < -0.39 is 6.17 Å². The summed E-state index contributed by atoms with van der Waals surface area (Å²) < 4.78 is 14.5. The molecule has 0 N–H and O–H groups in total. The summed E-state index contributed by atoms with van der Waals surface area (Å²) in [5.74, 6) is 4.37. The number of carbonyl (C=O) groups excluding carboxylic acids is 1. The van der Waals surface area contributed by atoms with E-state index in [1.807, 2.05) is 0 Å². The molecule has 166 valence electrons. The van der Waals surface area contributed by atoms with Crippen molar-refractivity contribution >= 4 is 5.78 Å². The van der Waals surface area contributed by atoms with Crippen LogP contribution < -0.4 is 0 Å². The maximum atomic E-state index is 14.5. The molecule has 0 aliphatic heterocycles. The van der Waals surface area contributed by atoms with Crippen molar-refractivity contribution in [2.75, 3.05) is 0 Å². The second-order valence-electron chi connectivity index (χ2n) is 12.1. The third-order valence-corrected chi connectivity index (χ3v) is 10.8. The van der Waals surface area contributed by atoms with Gasteiger partial charge in [-0.2, -0.15) is 0 Å². The van der Waals surface area contributed by atoms with Gasteiger partial charge in [-0.1, -0.05) is 59.8 Å². The first-order valence-electron chi connectivity index (χ1n) is 13.0. The van der Waals surface area contributed by atoms with E-state index in [0.29, 0.717) is 30.1 Å². The minimum atomic E-state index is -1.19. The number of hydrogen-bond acceptors (Lipinski definition) is 1. The van der Waals surface area contributed by atoms with Gasteiger partial charge in [-0.25, -0.2) is 4.39 Å². The molecular weight excluding hydrogens is 359 g/mol. The Bertz CT molecular complexity index is 601. The first-order chi connectivity index (χ1) is 13.8. The standard InChI is InChI=1S/C27H45FO/c1-5-6-7-8-9-18(2)21-12-13-22-20-11-10-19-16-25(29)24(28)17-27(19,4)23(20)14-15-26(21,22)3/h18-24H,5-17H2,1-4H3/t18-,19+,20+,21-,22+,23+,24-,26-,27+/m1/s1. The van der Waals surface area contributed by atoms with Crippen molar-refractivity contribution in [2.24, 2.45) is 46.3 Å². The summed E-state index contributed by atoms with van der Waals surface area (Å²) in [5.41, 5.74) is 0.579. The quantitative estimate of drug-likeness (QED) is 0.413. The van der Waals surface area contributed by atoms with Crippen molar-refractivity contribution in [1.29, 1.82) is 0 Å². The zero-order chi connectivity index (χ0) is 20.8. The van der Waals surface area contributed by atoms with Gasteiger partial charge in [0.2, 0.25) is 0 Å². The first kappa shape index (κ1) is 21.8. The predicted molar refractivity (Wildman–Crippen MR) is 118 cm³/mol. The highest BCUT2D eigenvalue weighted by Gasteiger charge is 2.61. The number of halogens is 1. The Balaban J connectivity index is 1.47. The number of ketones is 1. The molecule has 0 aromatic rings. The molecule has 0 heterocycles. The summed E-state index contributed by atoms with van der Waals surface area (Å²) in [7, 11) is 0. The fourth-order valence-electron chi connectivity index (χ4n) is 9.13. The molecule has 4 saturated carbocycles. The second-order valence-corrected chi connectivity index (χ2v) is 12.1. The largest absolute Gasteiger partial charge is 0.296 e. The lowest BCUT2D eigenvalue weighted by Gasteiger charge is -2.60. The smallest absolute Gasteiger partial charge is 0.167 e. The van der Waals surface area contributed by atoms with Crippen LogP contribution >= 0.6 is 0 Å². The van der Waals surface area contributed by atoms with Crippen LogP contribution in [0.4, 0.5) is 4.39 Å². The summed E-state index contributed by atoms with van der Waals surface area (Å²) >= 11 is 0. The van der Waals surface area contributed by atoms with Crippen LogP contribution in [0.3, 0.4) is 0 Å². The Morgan fingerprint density at radius 3 is 2.52 bits per heavy atom. The third kappa shape index (κ3) is 3.63. The summed E-state index contributed by atoms with van der Waals surface area (Å²) in [5, 5.41) is 0. The molecular formula is C27H45FO. The van der Waals surface area contributed by atoms with Gasteiger partial charge in [0.05, 0.1) is 0 Å². The maximum Gasteiger partial charge on any atom is 0.167 e. The zero-order valence-electron chi connectivity index (χ0n) is 19.5. The molecule has 9 atom stereocenters. The Hall–Kier alpha value is -0.400. The van der Waals surface area contributed by atoms with Crippen molar-refractivity contribution in [3.8, 4) is 0 Å². The predicted octanol–water partition coefficient (Wildman–Crippen LogP) is 7.77. The molecule has 4 aliphatic rings. The lowest BCUT2D eigenvalue weighted by molar-refractivity contribution is -0.150. The van der Waals surface area contributed by atoms with Gasteiger partial charge in [-0.05, 0) is 91.3 Å². The molecule has 4 aliphatic carbocycles. The van der Waals surface area contributed by atoms with Crippen LogP contribution in [-0.2, 0) is 4.79 Å². The van der Waals surface area contributed by atoms with Crippen molar-refractivity contribution in [3.63, 3.8) is 0 Å². The summed E-state index contributed by atoms with van der Waals surface area (Å²) in [6.45, 7) is 9.83. The van der Waals surface area contributed by atoms with Crippen molar-refractivity contribution in [1.82, 2.24) is 0 Å². The van der Waals surface area contributed by atoms with E-state index in [1.54, 1.807) is 0 Å². The fraction of sp³-hybridized carbons (Fsp3) is 0.963. The third-order valence-electron chi connectivity index (χ3n) is 10.8. The number of fused-ring (bicyclic) bond motifs is 5. The minimum absolute atomic E-state index is 0.0709. The van der Waals surface area contributed by atoms with Gasteiger partial charge in [-0.15, -0.1) is 0 Å². The Kier molecular flexibility index (Phi) is 6.22.